The van der Waals surface area contributed by atoms with Crippen molar-refractivity contribution >= 4 is 22.9 Å². The summed E-state index contributed by atoms with van der Waals surface area (Å²) in [6, 6.07) is 13.1. The van der Waals surface area contributed by atoms with E-state index in [2.05, 4.69) is 64.6 Å². The van der Waals surface area contributed by atoms with Crippen molar-refractivity contribution in [2.75, 3.05) is 20.8 Å². The molecule has 0 radical (unpaired) electrons. The molecule has 0 saturated carbocycles. The molecule has 2 aromatic heterocycles. The van der Waals surface area contributed by atoms with Crippen LogP contribution in [0.15, 0.2) is 54.9 Å². The maximum absolute atomic E-state index is 11.5. The van der Waals surface area contributed by atoms with Crippen LogP contribution < -0.4 is 4.74 Å². The van der Waals surface area contributed by atoms with Gasteiger partial charge in [-0.05, 0) is 66.6 Å². The second kappa shape index (κ2) is 10.6. The lowest BCUT2D eigenvalue weighted by Gasteiger charge is -2.29. The fourth-order valence-electron chi connectivity index (χ4n) is 5.46. The number of benzene rings is 2. The predicted octanol–water partition coefficient (Wildman–Crippen LogP) is 5.14. The summed E-state index contributed by atoms with van der Waals surface area (Å²) in [6.45, 7) is 3.87. The molecule has 0 aliphatic heterocycles. The van der Waals surface area contributed by atoms with Crippen molar-refractivity contribution in [3.05, 3.63) is 88.4 Å². The van der Waals surface area contributed by atoms with E-state index in [1.807, 2.05) is 23.9 Å². The van der Waals surface area contributed by atoms with Crippen LogP contribution in [0.3, 0.4) is 0 Å². The molecule has 0 saturated heterocycles. The standard InChI is InChI=1S/C30H34N4O3/c1-20-24(18-33(2)32-20)19-34(14-13-23-17-31-28-16-25(36-3)8-10-26(23)28)29-11-7-22-15-21(5-9-27(22)29)6-12-30(35)37-4/h5-6,8-10,12,15-18,29,31H,7,11,13-14,19H2,1-4H3. The predicted molar refractivity (Wildman–Crippen MR) is 145 cm³/mol. The number of hydrogen-bond acceptors (Lipinski definition) is 5. The first kappa shape index (κ1) is 24.8. The Bertz CT molecular complexity index is 1450. The minimum absolute atomic E-state index is 0.332. The monoisotopic (exact) mass is 498 g/mol. The van der Waals surface area contributed by atoms with Crippen LogP contribution in [0.1, 0.15) is 46.0 Å². The van der Waals surface area contributed by atoms with Gasteiger partial charge in [0.2, 0.25) is 0 Å². The summed E-state index contributed by atoms with van der Waals surface area (Å²) >= 11 is 0. The summed E-state index contributed by atoms with van der Waals surface area (Å²) in [5.41, 5.74) is 8.50. The molecular weight excluding hydrogens is 464 g/mol. The molecule has 0 fully saturated rings. The van der Waals surface area contributed by atoms with Gasteiger partial charge in [0.05, 0.1) is 19.9 Å². The molecule has 0 amide bonds. The Morgan fingerprint density at radius 2 is 2.08 bits per heavy atom. The van der Waals surface area contributed by atoms with Crippen LogP contribution in [-0.2, 0) is 36.0 Å². The second-order valence-corrected chi connectivity index (χ2v) is 9.73. The van der Waals surface area contributed by atoms with E-state index < -0.39 is 0 Å². The van der Waals surface area contributed by atoms with E-state index in [0.717, 1.165) is 54.9 Å². The molecule has 7 nitrogen and oxygen atoms in total. The Labute approximate surface area is 217 Å². The normalized spacial score (nSPS) is 15.1. The van der Waals surface area contributed by atoms with E-state index in [1.54, 1.807) is 7.11 Å². The summed E-state index contributed by atoms with van der Waals surface area (Å²) in [5, 5.41) is 5.83. The van der Waals surface area contributed by atoms with Crippen molar-refractivity contribution in [3.8, 4) is 5.75 Å². The number of nitrogens with one attached hydrogen (secondary N) is 1. The van der Waals surface area contributed by atoms with E-state index in [0.29, 0.717) is 6.04 Å². The summed E-state index contributed by atoms with van der Waals surface area (Å²) in [7, 11) is 5.07. The van der Waals surface area contributed by atoms with E-state index >= 15 is 0 Å². The number of fused-ring (bicyclic) bond motifs is 2. The molecule has 2 aromatic carbocycles. The molecule has 7 heteroatoms. The number of aromatic amines is 1. The van der Waals surface area contributed by atoms with Crippen LogP contribution in [0.5, 0.6) is 5.75 Å². The maximum atomic E-state index is 11.5. The first-order valence-electron chi connectivity index (χ1n) is 12.7. The minimum atomic E-state index is -0.341. The highest BCUT2D eigenvalue weighted by molar-refractivity contribution is 5.87. The van der Waals surface area contributed by atoms with Crippen LogP contribution in [0.25, 0.3) is 17.0 Å². The largest absolute Gasteiger partial charge is 0.497 e. The molecule has 5 rings (SSSR count). The summed E-state index contributed by atoms with van der Waals surface area (Å²) < 4.78 is 12.0. The van der Waals surface area contributed by atoms with Gasteiger partial charge in [-0.1, -0.05) is 18.2 Å². The third-order valence-electron chi connectivity index (χ3n) is 7.40. The summed E-state index contributed by atoms with van der Waals surface area (Å²) in [5.74, 6) is 0.519. The van der Waals surface area contributed by atoms with Crippen LogP contribution in [0, 0.1) is 6.92 Å². The van der Waals surface area contributed by atoms with E-state index in [4.69, 9.17) is 9.47 Å². The zero-order chi connectivity index (χ0) is 25.9. The molecular formula is C30H34N4O3. The Hall–Kier alpha value is -3.84. The van der Waals surface area contributed by atoms with Gasteiger partial charge in [-0.25, -0.2) is 4.79 Å². The minimum Gasteiger partial charge on any atom is -0.497 e. The van der Waals surface area contributed by atoms with Gasteiger partial charge in [0.15, 0.2) is 0 Å². The van der Waals surface area contributed by atoms with Gasteiger partial charge in [-0.15, -0.1) is 0 Å². The van der Waals surface area contributed by atoms with Crippen LogP contribution >= 0.6 is 0 Å². The number of carbonyl (C=O) groups is 1. The highest BCUT2D eigenvalue weighted by atomic mass is 16.5. The van der Waals surface area contributed by atoms with Crippen molar-refractivity contribution in [1.82, 2.24) is 19.7 Å². The lowest BCUT2D eigenvalue weighted by molar-refractivity contribution is -0.134. The van der Waals surface area contributed by atoms with Crippen LogP contribution in [-0.4, -0.2) is 46.4 Å². The average Bonchev–Trinajstić information content (AvgIpc) is 3.60. The fourth-order valence-corrected chi connectivity index (χ4v) is 5.46. The van der Waals surface area contributed by atoms with E-state index in [9.17, 15) is 4.79 Å². The zero-order valence-corrected chi connectivity index (χ0v) is 22.0. The summed E-state index contributed by atoms with van der Waals surface area (Å²) in [6.07, 6.45) is 10.6. The Balaban J connectivity index is 1.40. The molecule has 0 bridgehead atoms. The van der Waals surface area contributed by atoms with Gasteiger partial charge in [0.25, 0.3) is 0 Å². The van der Waals surface area contributed by atoms with Gasteiger partial charge in [-0.3, -0.25) is 9.58 Å². The first-order valence-corrected chi connectivity index (χ1v) is 12.7. The number of H-pyrrole nitrogens is 1. The van der Waals surface area contributed by atoms with E-state index in [-0.39, 0.29) is 5.97 Å². The average molecular weight is 499 g/mol. The number of rotatable bonds is 9. The molecule has 1 N–H and O–H groups in total. The fraction of sp³-hybridized carbons (Fsp3) is 0.333. The molecule has 0 spiro atoms. The van der Waals surface area contributed by atoms with Gasteiger partial charge in [0.1, 0.15) is 5.75 Å². The molecule has 192 valence electrons. The molecule has 37 heavy (non-hydrogen) atoms. The lowest BCUT2D eigenvalue weighted by Crippen LogP contribution is -2.29. The topological polar surface area (TPSA) is 72.4 Å². The number of hydrogen-bond donors (Lipinski definition) is 1. The SMILES string of the molecule is COC(=O)C=Cc1ccc2c(c1)CCC2N(CCc1c[nH]c2cc(OC)ccc12)Cc1cn(C)nc1C. The van der Waals surface area contributed by atoms with E-state index in [1.165, 1.54) is 40.8 Å². The number of ether oxygens (including phenoxy) is 2. The number of aryl methyl sites for hydroxylation is 3. The number of carbonyl (C=O) groups excluding carboxylic acids is 1. The smallest absolute Gasteiger partial charge is 0.330 e. The van der Waals surface area contributed by atoms with Crippen molar-refractivity contribution in [3.63, 3.8) is 0 Å². The lowest BCUT2D eigenvalue weighted by atomic mass is 10.0. The second-order valence-electron chi connectivity index (χ2n) is 9.73. The molecule has 1 aliphatic carbocycles. The molecule has 1 aliphatic rings. The molecule has 2 heterocycles. The molecule has 1 unspecified atom stereocenters. The summed E-state index contributed by atoms with van der Waals surface area (Å²) in [4.78, 5) is 17.5. The van der Waals surface area contributed by atoms with Crippen molar-refractivity contribution in [2.45, 2.75) is 38.8 Å². The molecule has 1 atom stereocenters. The quantitative estimate of drug-likeness (QED) is 0.256. The van der Waals surface area contributed by atoms with Crippen molar-refractivity contribution < 1.29 is 14.3 Å². The highest BCUT2D eigenvalue weighted by Gasteiger charge is 2.29. The van der Waals surface area contributed by atoms with Crippen molar-refractivity contribution in [2.24, 2.45) is 7.05 Å². The zero-order valence-electron chi connectivity index (χ0n) is 22.0. The maximum Gasteiger partial charge on any atom is 0.330 e. The number of methoxy groups -OCH3 is 2. The Kier molecular flexibility index (Phi) is 7.15. The van der Waals surface area contributed by atoms with Crippen LogP contribution in [0.4, 0.5) is 0 Å². The van der Waals surface area contributed by atoms with Crippen molar-refractivity contribution in [1.29, 1.82) is 0 Å². The first-order chi connectivity index (χ1) is 17.9. The third kappa shape index (κ3) is 5.32. The molecule has 4 aromatic rings. The number of nitrogens with zero attached hydrogens (tertiary/aromatic N) is 3. The van der Waals surface area contributed by atoms with Crippen LogP contribution in [0.2, 0.25) is 0 Å². The van der Waals surface area contributed by atoms with Gasteiger partial charge >= 0.3 is 5.97 Å². The van der Waals surface area contributed by atoms with Gasteiger partial charge in [-0.2, -0.15) is 5.10 Å². The van der Waals surface area contributed by atoms with Gasteiger partial charge in [0, 0.05) is 67.2 Å². The highest BCUT2D eigenvalue weighted by Crippen LogP contribution is 2.38. The van der Waals surface area contributed by atoms with Gasteiger partial charge < -0.3 is 14.5 Å². The number of aromatic nitrogens is 3. The Morgan fingerprint density at radius 3 is 2.84 bits per heavy atom. The number of esters is 1. The Morgan fingerprint density at radius 1 is 1.22 bits per heavy atom. The third-order valence-corrected chi connectivity index (χ3v) is 7.40.